The highest BCUT2D eigenvalue weighted by Crippen LogP contribution is 2.49. The van der Waals surface area contributed by atoms with Crippen LogP contribution in [0.4, 0.5) is 0 Å². The molecule has 0 aromatic carbocycles. The van der Waals surface area contributed by atoms with Crippen LogP contribution in [-0.2, 0) is 23.8 Å². The number of aliphatic hydroxyl groups is 7. The Morgan fingerprint density at radius 2 is 1.50 bits per heavy atom. The van der Waals surface area contributed by atoms with Crippen molar-refractivity contribution in [3.63, 3.8) is 0 Å². The van der Waals surface area contributed by atoms with E-state index in [4.69, 9.17) is 14.2 Å². The van der Waals surface area contributed by atoms with Crippen LogP contribution in [0.25, 0.3) is 0 Å². The highest BCUT2D eigenvalue weighted by Gasteiger charge is 2.56. The molecule has 2 fully saturated rings. The van der Waals surface area contributed by atoms with Gasteiger partial charge in [-0.2, -0.15) is 0 Å². The Balaban J connectivity index is 1.98. The summed E-state index contributed by atoms with van der Waals surface area (Å²) in [5, 5.41) is 76.6. The van der Waals surface area contributed by atoms with Crippen LogP contribution in [0.15, 0.2) is 36.5 Å². The zero-order valence-electron chi connectivity index (χ0n) is 35.4. The molecule has 3 aliphatic rings. The minimum absolute atomic E-state index is 0.178. The standard InChI is InChI=1S/C44H74O12/c1-11-32-16-14-12-13-15-26(4)41(51)43(10,53)42(52)39(50)38(49)30(8)37(48)29(7)36(47)25(3)17-20-35(46)54-40-28(6)33(19-18-32)55-44(31(40)9)22-21-24(2)34(56-44)23-27(5)45/h12-14,16-17,20,24-34,36-37,39-42,45,47-48,50-53H,11,15,18-19,21-23H2,1-10H3. The highest BCUT2D eigenvalue weighted by molar-refractivity contribution is 5.86. The number of aliphatic hydroxyl groups excluding tert-OH is 6. The van der Waals surface area contributed by atoms with E-state index >= 15 is 0 Å². The summed E-state index contributed by atoms with van der Waals surface area (Å²) in [6.45, 7) is 17.4. The zero-order valence-corrected chi connectivity index (χ0v) is 35.4. The average molecular weight is 795 g/mol. The predicted octanol–water partition coefficient (Wildman–Crippen LogP) is 4.40. The molecule has 3 rings (SSSR count). The minimum Gasteiger partial charge on any atom is -0.458 e. The van der Waals surface area contributed by atoms with Gasteiger partial charge in [-0.15, -0.1) is 0 Å². The van der Waals surface area contributed by atoms with E-state index in [0.717, 1.165) is 26.2 Å². The van der Waals surface area contributed by atoms with Crippen molar-refractivity contribution in [3.05, 3.63) is 36.5 Å². The second-order valence-electron chi connectivity index (χ2n) is 17.9. The van der Waals surface area contributed by atoms with Gasteiger partial charge in [0.25, 0.3) is 0 Å². The number of ether oxygens (including phenoxy) is 3. The van der Waals surface area contributed by atoms with Gasteiger partial charge in [-0.3, -0.25) is 4.79 Å². The minimum atomic E-state index is -2.27. The number of carbonyl (C=O) groups is 2. The first-order valence-electron chi connectivity index (χ1n) is 21.0. The molecular weight excluding hydrogens is 720 g/mol. The van der Waals surface area contributed by atoms with Crippen molar-refractivity contribution in [2.75, 3.05) is 0 Å². The van der Waals surface area contributed by atoms with Gasteiger partial charge in [0.05, 0.1) is 36.6 Å². The number of esters is 1. The lowest BCUT2D eigenvalue weighted by atomic mass is 9.74. The van der Waals surface area contributed by atoms with Gasteiger partial charge in [-0.1, -0.05) is 85.8 Å². The van der Waals surface area contributed by atoms with E-state index < -0.39 is 89.5 Å². The third-order valence-corrected chi connectivity index (χ3v) is 13.3. The van der Waals surface area contributed by atoms with Gasteiger partial charge in [-0.05, 0) is 70.1 Å². The van der Waals surface area contributed by atoms with Gasteiger partial charge in [0, 0.05) is 42.1 Å². The predicted molar refractivity (Wildman–Crippen MR) is 213 cm³/mol. The van der Waals surface area contributed by atoms with Crippen molar-refractivity contribution in [1.82, 2.24) is 0 Å². The lowest BCUT2D eigenvalue weighted by molar-refractivity contribution is -0.371. The molecular formula is C44H74O12. The summed E-state index contributed by atoms with van der Waals surface area (Å²) < 4.78 is 20.0. The van der Waals surface area contributed by atoms with Gasteiger partial charge >= 0.3 is 5.97 Å². The molecule has 12 heteroatoms. The van der Waals surface area contributed by atoms with Crippen LogP contribution >= 0.6 is 0 Å². The molecule has 19 unspecified atom stereocenters. The summed E-state index contributed by atoms with van der Waals surface area (Å²) in [6, 6.07) is 0. The Morgan fingerprint density at radius 1 is 0.839 bits per heavy atom. The smallest absolute Gasteiger partial charge is 0.330 e. The van der Waals surface area contributed by atoms with Crippen molar-refractivity contribution in [2.24, 2.45) is 47.3 Å². The summed E-state index contributed by atoms with van der Waals surface area (Å²) in [7, 11) is 0. The summed E-state index contributed by atoms with van der Waals surface area (Å²) in [5.41, 5.74) is -2.27. The van der Waals surface area contributed by atoms with E-state index in [0.29, 0.717) is 25.7 Å². The van der Waals surface area contributed by atoms with Crippen LogP contribution in [0.1, 0.15) is 114 Å². The van der Waals surface area contributed by atoms with Gasteiger partial charge in [0.1, 0.15) is 23.9 Å². The fraction of sp³-hybridized carbons (Fsp3) is 0.818. The number of allylic oxidation sites excluding steroid dienone is 4. The number of hydrogen-bond donors (Lipinski definition) is 7. The summed E-state index contributed by atoms with van der Waals surface area (Å²) in [4.78, 5) is 26.8. The van der Waals surface area contributed by atoms with Crippen molar-refractivity contribution < 1.29 is 59.5 Å². The van der Waals surface area contributed by atoms with Crippen LogP contribution in [0, 0.1) is 47.3 Å². The van der Waals surface area contributed by atoms with E-state index in [1.54, 1.807) is 20.8 Å². The number of hydrogen-bond acceptors (Lipinski definition) is 12. The number of fused-ring (bicyclic) bond motifs is 2. The maximum atomic E-state index is 13.5. The fourth-order valence-electron chi connectivity index (χ4n) is 8.86. The molecule has 0 radical (unpaired) electrons. The third kappa shape index (κ3) is 11.6. The molecule has 12 nitrogen and oxygen atoms in total. The van der Waals surface area contributed by atoms with E-state index in [9.17, 15) is 45.3 Å². The average Bonchev–Trinajstić information content (AvgIpc) is 3.16. The molecule has 56 heavy (non-hydrogen) atoms. The third-order valence-electron chi connectivity index (χ3n) is 13.3. The first-order chi connectivity index (χ1) is 26.1. The molecule has 3 aliphatic heterocycles. The number of carbonyl (C=O) groups excluding carboxylic acids is 2. The molecule has 3 heterocycles. The highest BCUT2D eigenvalue weighted by atomic mass is 16.7. The van der Waals surface area contributed by atoms with E-state index in [2.05, 4.69) is 19.9 Å². The molecule has 7 N–H and O–H groups in total. The topological polar surface area (TPSA) is 203 Å². The van der Waals surface area contributed by atoms with Crippen molar-refractivity contribution in [3.8, 4) is 0 Å². The van der Waals surface area contributed by atoms with Crippen LogP contribution in [0.3, 0.4) is 0 Å². The SMILES string of the molecule is CCC1C=CC=CCC(C)C(O)C(C)(O)C(O)C(O)C(=O)C(C)C(O)C(C)C(O)C(C)C=CC(=O)OC2C(C)C(CC1)OC1(CCC(C)C(CC(C)O)O1)C2C. The molecule has 19 atom stereocenters. The van der Waals surface area contributed by atoms with Gasteiger partial charge < -0.3 is 50.0 Å². The van der Waals surface area contributed by atoms with Crippen LogP contribution < -0.4 is 0 Å². The van der Waals surface area contributed by atoms with Gasteiger partial charge in [0.2, 0.25) is 0 Å². The number of ketones is 1. The molecule has 0 saturated carbocycles. The maximum Gasteiger partial charge on any atom is 0.330 e. The Bertz CT molecular complexity index is 1340. The second-order valence-corrected chi connectivity index (χ2v) is 17.9. The second kappa shape index (κ2) is 20.8. The van der Waals surface area contributed by atoms with E-state index in [1.165, 1.54) is 26.0 Å². The summed E-state index contributed by atoms with van der Waals surface area (Å²) >= 11 is 0. The molecule has 0 aliphatic carbocycles. The number of Topliss-reactive ketones (excluding diaryl/α,β-unsaturated/α-hetero) is 1. The van der Waals surface area contributed by atoms with E-state index in [-0.39, 0.29) is 35.9 Å². The zero-order chi connectivity index (χ0) is 42.3. The molecule has 0 amide bonds. The molecule has 2 bridgehead atoms. The molecule has 322 valence electrons. The Morgan fingerprint density at radius 3 is 2.12 bits per heavy atom. The Hall–Kier alpha value is -2.00. The fourth-order valence-corrected chi connectivity index (χ4v) is 8.86. The Labute approximate surface area is 335 Å². The summed E-state index contributed by atoms with van der Waals surface area (Å²) in [6.07, 6.45) is 5.07. The first-order valence-corrected chi connectivity index (χ1v) is 21.0. The molecule has 0 aromatic heterocycles. The maximum absolute atomic E-state index is 13.5. The van der Waals surface area contributed by atoms with Gasteiger partial charge in [0.15, 0.2) is 11.6 Å². The van der Waals surface area contributed by atoms with Crippen molar-refractivity contribution in [2.45, 2.75) is 181 Å². The van der Waals surface area contributed by atoms with Crippen molar-refractivity contribution >= 4 is 11.8 Å². The number of rotatable bonds is 3. The van der Waals surface area contributed by atoms with Crippen LogP contribution in [-0.4, -0.2) is 114 Å². The lowest BCUT2D eigenvalue weighted by Gasteiger charge is -2.55. The Kier molecular flexibility index (Phi) is 18.0. The lowest BCUT2D eigenvalue weighted by Crippen LogP contribution is -2.62. The summed E-state index contributed by atoms with van der Waals surface area (Å²) in [5.74, 6) is -6.08. The molecule has 0 aromatic rings. The van der Waals surface area contributed by atoms with Gasteiger partial charge in [-0.25, -0.2) is 4.79 Å². The first kappa shape index (κ1) is 48.4. The monoisotopic (exact) mass is 795 g/mol. The largest absolute Gasteiger partial charge is 0.458 e. The van der Waals surface area contributed by atoms with Crippen LogP contribution in [0.5, 0.6) is 0 Å². The van der Waals surface area contributed by atoms with Crippen molar-refractivity contribution in [1.29, 1.82) is 0 Å². The quantitative estimate of drug-likeness (QED) is 0.199. The van der Waals surface area contributed by atoms with E-state index in [1.807, 2.05) is 32.1 Å². The van der Waals surface area contributed by atoms with Crippen LogP contribution in [0.2, 0.25) is 0 Å². The normalized spacial score (nSPS) is 46.4. The molecule has 1 spiro atoms. The molecule has 2 saturated heterocycles.